The van der Waals surface area contributed by atoms with E-state index in [1.807, 2.05) is 6.92 Å². The van der Waals surface area contributed by atoms with Crippen LogP contribution in [0.4, 0.5) is 0 Å². The molecule has 0 rings (SSSR count). The molecule has 0 N–H and O–H groups in total. The van der Waals surface area contributed by atoms with Gasteiger partial charge in [-0.1, -0.05) is 17.7 Å². The van der Waals surface area contributed by atoms with Crippen molar-refractivity contribution in [2.45, 2.75) is 40.0 Å². The summed E-state index contributed by atoms with van der Waals surface area (Å²) < 4.78 is 4.58. The van der Waals surface area contributed by atoms with Crippen LogP contribution in [0.25, 0.3) is 0 Å². The summed E-state index contributed by atoms with van der Waals surface area (Å²) in [7, 11) is 1.42. The molecule has 0 amide bonds. The van der Waals surface area contributed by atoms with Crippen molar-refractivity contribution >= 4 is 5.97 Å². The molecule has 0 radical (unpaired) electrons. The maximum atomic E-state index is 10.9. The molecule has 0 aromatic carbocycles. The molecule has 0 saturated carbocycles. The number of carbonyl (C=O) groups is 1. The Bertz CT molecular complexity index is 245. The van der Waals surface area contributed by atoms with Crippen molar-refractivity contribution in [2.24, 2.45) is 0 Å². The minimum atomic E-state index is -0.139. The van der Waals surface area contributed by atoms with Crippen LogP contribution >= 0.6 is 0 Å². The molecule has 0 aliphatic rings. The lowest BCUT2D eigenvalue weighted by Gasteiger charge is -2.08. The Kier molecular flexibility index (Phi) is 5.93. The molecule has 0 saturated heterocycles. The molecular formula is C12H20O2. The second-order valence-corrected chi connectivity index (χ2v) is 3.69. The summed E-state index contributed by atoms with van der Waals surface area (Å²) in [6.45, 7) is 10.1. The van der Waals surface area contributed by atoms with Gasteiger partial charge in [-0.3, -0.25) is 4.79 Å². The van der Waals surface area contributed by atoms with E-state index < -0.39 is 0 Å². The van der Waals surface area contributed by atoms with Gasteiger partial charge in [0.2, 0.25) is 0 Å². The van der Waals surface area contributed by atoms with E-state index in [4.69, 9.17) is 0 Å². The molecule has 2 heteroatoms. The van der Waals surface area contributed by atoms with Crippen LogP contribution in [0, 0.1) is 0 Å². The van der Waals surface area contributed by atoms with Crippen molar-refractivity contribution in [2.75, 3.05) is 7.11 Å². The summed E-state index contributed by atoms with van der Waals surface area (Å²) in [6.07, 6.45) is 2.23. The first-order valence-electron chi connectivity index (χ1n) is 4.88. The largest absolute Gasteiger partial charge is 0.469 e. The zero-order chi connectivity index (χ0) is 11.1. The maximum Gasteiger partial charge on any atom is 0.305 e. The lowest BCUT2D eigenvalue weighted by atomic mass is 9.98. The van der Waals surface area contributed by atoms with Gasteiger partial charge < -0.3 is 4.74 Å². The van der Waals surface area contributed by atoms with E-state index in [9.17, 15) is 4.79 Å². The van der Waals surface area contributed by atoms with Crippen molar-refractivity contribution < 1.29 is 9.53 Å². The summed E-state index contributed by atoms with van der Waals surface area (Å²) in [5, 5.41) is 0. The average molecular weight is 196 g/mol. The van der Waals surface area contributed by atoms with Gasteiger partial charge in [0.05, 0.1) is 7.11 Å². The van der Waals surface area contributed by atoms with Crippen molar-refractivity contribution in [1.82, 2.24) is 0 Å². The Labute approximate surface area is 86.6 Å². The molecule has 2 nitrogen and oxygen atoms in total. The number of allylic oxidation sites excluding steroid dienone is 3. The van der Waals surface area contributed by atoms with Gasteiger partial charge in [0.1, 0.15) is 0 Å². The van der Waals surface area contributed by atoms with E-state index in [0.717, 1.165) is 18.4 Å². The summed E-state index contributed by atoms with van der Waals surface area (Å²) in [6, 6.07) is 0. The van der Waals surface area contributed by atoms with E-state index >= 15 is 0 Å². The molecule has 0 aliphatic carbocycles. The van der Waals surface area contributed by atoms with Gasteiger partial charge in [0, 0.05) is 6.42 Å². The van der Waals surface area contributed by atoms with Gasteiger partial charge in [0.25, 0.3) is 0 Å². The van der Waals surface area contributed by atoms with Crippen LogP contribution in [0.15, 0.2) is 23.3 Å². The standard InChI is InChI=1S/C12H20O2/c1-9(2)11(10(3)4)7-6-8-12(13)14-5/h1,6-8H2,2-5H3. The van der Waals surface area contributed by atoms with Crippen LogP contribution in [0.3, 0.4) is 0 Å². The first-order valence-corrected chi connectivity index (χ1v) is 4.88. The molecule has 0 fully saturated rings. The van der Waals surface area contributed by atoms with Gasteiger partial charge in [0.15, 0.2) is 0 Å². The Morgan fingerprint density at radius 3 is 2.14 bits per heavy atom. The topological polar surface area (TPSA) is 26.3 Å². The first-order chi connectivity index (χ1) is 6.49. The Balaban J connectivity index is 4.05. The lowest BCUT2D eigenvalue weighted by Crippen LogP contribution is -2.00. The van der Waals surface area contributed by atoms with Crippen LogP contribution < -0.4 is 0 Å². The summed E-state index contributed by atoms with van der Waals surface area (Å²) >= 11 is 0. The fraction of sp³-hybridized carbons (Fsp3) is 0.583. The number of hydrogen-bond acceptors (Lipinski definition) is 2. The average Bonchev–Trinajstić information content (AvgIpc) is 2.10. The van der Waals surface area contributed by atoms with Crippen molar-refractivity contribution in [3.05, 3.63) is 23.3 Å². The Hall–Kier alpha value is -1.05. The number of ether oxygens (including phenoxy) is 1. The Morgan fingerprint density at radius 1 is 1.21 bits per heavy atom. The van der Waals surface area contributed by atoms with Crippen molar-refractivity contribution in [3.8, 4) is 0 Å². The molecule has 0 aromatic heterocycles. The number of methoxy groups -OCH3 is 1. The highest BCUT2D eigenvalue weighted by Gasteiger charge is 2.04. The highest BCUT2D eigenvalue weighted by Crippen LogP contribution is 2.19. The minimum Gasteiger partial charge on any atom is -0.469 e. The molecule has 0 heterocycles. The summed E-state index contributed by atoms with van der Waals surface area (Å²) in [4.78, 5) is 10.9. The van der Waals surface area contributed by atoms with E-state index in [0.29, 0.717) is 6.42 Å². The van der Waals surface area contributed by atoms with Crippen LogP contribution in [-0.4, -0.2) is 13.1 Å². The van der Waals surface area contributed by atoms with Gasteiger partial charge >= 0.3 is 5.97 Å². The highest BCUT2D eigenvalue weighted by atomic mass is 16.5. The fourth-order valence-corrected chi connectivity index (χ4v) is 1.40. The second-order valence-electron chi connectivity index (χ2n) is 3.69. The zero-order valence-corrected chi connectivity index (χ0v) is 9.64. The number of rotatable bonds is 5. The zero-order valence-electron chi connectivity index (χ0n) is 9.64. The normalized spacial score (nSPS) is 9.43. The van der Waals surface area contributed by atoms with Gasteiger partial charge in [-0.25, -0.2) is 0 Å². The maximum absolute atomic E-state index is 10.9. The van der Waals surface area contributed by atoms with Crippen LogP contribution in [0.1, 0.15) is 40.0 Å². The quantitative estimate of drug-likeness (QED) is 0.498. The molecular weight excluding hydrogens is 176 g/mol. The Morgan fingerprint density at radius 2 is 1.79 bits per heavy atom. The van der Waals surface area contributed by atoms with E-state index in [1.165, 1.54) is 18.3 Å². The molecule has 0 unspecified atom stereocenters. The number of esters is 1. The molecule has 0 aromatic rings. The summed E-state index contributed by atoms with van der Waals surface area (Å²) in [5.41, 5.74) is 3.64. The van der Waals surface area contributed by atoms with Crippen LogP contribution in [0.5, 0.6) is 0 Å². The SMILES string of the molecule is C=C(C)C(CCCC(=O)OC)=C(C)C. The van der Waals surface area contributed by atoms with Crippen molar-refractivity contribution in [1.29, 1.82) is 0 Å². The van der Waals surface area contributed by atoms with E-state index in [-0.39, 0.29) is 5.97 Å². The van der Waals surface area contributed by atoms with Gasteiger partial charge in [-0.05, 0) is 39.2 Å². The molecule has 0 aliphatic heterocycles. The van der Waals surface area contributed by atoms with Gasteiger partial charge in [-0.2, -0.15) is 0 Å². The molecule has 0 bridgehead atoms. The molecule has 0 spiro atoms. The molecule has 14 heavy (non-hydrogen) atoms. The predicted molar refractivity (Wildman–Crippen MR) is 59.1 cm³/mol. The predicted octanol–water partition coefficient (Wildman–Crippen LogP) is 3.24. The monoisotopic (exact) mass is 196 g/mol. The summed E-state index contributed by atoms with van der Waals surface area (Å²) in [5.74, 6) is -0.139. The number of carbonyl (C=O) groups excluding carboxylic acids is 1. The highest BCUT2D eigenvalue weighted by molar-refractivity contribution is 5.69. The van der Waals surface area contributed by atoms with Gasteiger partial charge in [-0.15, -0.1) is 0 Å². The third-order valence-electron chi connectivity index (χ3n) is 2.15. The smallest absolute Gasteiger partial charge is 0.305 e. The lowest BCUT2D eigenvalue weighted by molar-refractivity contribution is -0.140. The number of hydrogen-bond donors (Lipinski definition) is 0. The second kappa shape index (κ2) is 6.41. The van der Waals surface area contributed by atoms with Crippen LogP contribution in [-0.2, 0) is 9.53 Å². The van der Waals surface area contributed by atoms with E-state index in [1.54, 1.807) is 0 Å². The minimum absolute atomic E-state index is 0.139. The first kappa shape index (κ1) is 12.9. The third-order valence-corrected chi connectivity index (χ3v) is 2.15. The molecule has 0 atom stereocenters. The molecule has 80 valence electrons. The fourth-order valence-electron chi connectivity index (χ4n) is 1.40. The van der Waals surface area contributed by atoms with Crippen LogP contribution in [0.2, 0.25) is 0 Å². The third kappa shape index (κ3) is 4.85. The van der Waals surface area contributed by atoms with E-state index in [2.05, 4.69) is 25.2 Å². The van der Waals surface area contributed by atoms with Crippen molar-refractivity contribution in [3.63, 3.8) is 0 Å².